The SMILES string of the molecule is CCN(CC)CCC(=O)CCCc1cccc(OC)c1.N=O. The molecule has 1 aromatic carbocycles. The molecule has 0 spiro atoms. The van der Waals surface area contributed by atoms with Crippen molar-refractivity contribution < 1.29 is 9.53 Å². The van der Waals surface area contributed by atoms with Gasteiger partial charge in [0.25, 0.3) is 0 Å². The molecule has 0 radical (unpaired) electrons. The Labute approximate surface area is 133 Å². The molecule has 124 valence electrons. The minimum absolute atomic E-state index is 0.375. The highest BCUT2D eigenvalue weighted by molar-refractivity contribution is 5.78. The van der Waals surface area contributed by atoms with Crippen LogP contribution in [0.1, 0.15) is 38.7 Å². The fraction of sp³-hybridized carbons (Fsp3) is 0.588. The van der Waals surface area contributed by atoms with Crippen molar-refractivity contribution in [1.82, 2.24) is 4.90 Å². The van der Waals surface area contributed by atoms with Gasteiger partial charge in [-0.25, -0.2) is 0 Å². The normalized spacial score (nSPS) is 10.0. The summed E-state index contributed by atoms with van der Waals surface area (Å²) in [6, 6.07) is 8.07. The average molecular weight is 308 g/mol. The summed E-state index contributed by atoms with van der Waals surface area (Å²) in [4.78, 5) is 21.6. The van der Waals surface area contributed by atoms with Crippen LogP contribution in [0.5, 0.6) is 5.75 Å². The van der Waals surface area contributed by atoms with Crippen molar-refractivity contribution in [3.63, 3.8) is 0 Å². The smallest absolute Gasteiger partial charge is 0.134 e. The Morgan fingerprint density at radius 2 is 1.86 bits per heavy atom. The first kappa shape index (κ1) is 20.2. The third-order valence-corrected chi connectivity index (χ3v) is 3.66. The zero-order valence-electron chi connectivity index (χ0n) is 13.9. The highest BCUT2D eigenvalue weighted by Crippen LogP contribution is 2.14. The lowest BCUT2D eigenvalue weighted by Crippen LogP contribution is -2.25. The molecular weight excluding hydrogens is 280 g/mol. The van der Waals surface area contributed by atoms with Crippen LogP contribution in [0, 0.1) is 10.5 Å². The van der Waals surface area contributed by atoms with Crippen LogP contribution in [-0.2, 0) is 11.2 Å². The van der Waals surface area contributed by atoms with Gasteiger partial charge in [-0.3, -0.25) is 4.79 Å². The summed E-state index contributed by atoms with van der Waals surface area (Å²) >= 11 is 0. The van der Waals surface area contributed by atoms with Crippen molar-refractivity contribution in [2.24, 2.45) is 0 Å². The molecule has 0 atom stereocenters. The molecule has 0 amide bonds. The van der Waals surface area contributed by atoms with Gasteiger partial charge in [-0.05, 0) is 43.6 Å². The van der Waals surface area contributed by atoms with Crippen LogP contribution in [-0.4, -0.2) is 37.4 Å². The lowest BCUT2D eigenvalue weighted by atomic mass is 10.1. The van der Waals surface area contributed by atoms with Gasteiger partial charge >= 0.3 is 0 Å². The number of carbonyl (C=O) groups is 1. The molecule has 0 saturated heterocycles. The molecule has 1 N–H and O–H groups in total. The molecular formula is C17H28N2O3. The first-order chi connectivity index (χ1) is 10.7. The van der Waals surface area contributed by atoms with Crippen LogP contribution >= 0.6 is 0 Å². The summed E-state index contributed by atoms with van der Waals surface area (Å²) in [7, 11) is 1.68. The van der Waals surface area contributed by atoms with Crippen molar-refractivity contribution in [3.05, 3.63) is 34.7 Å². The molecule has 0 saturated carbocycles. The van der Waals surface area contributed by atoms with Gasteiger partial charge in [0.05, 0.1) is 7.11 Å². The van der Waals surface area contributed by atoms with Gasteiger partial charge in [0, 0.05) is 19.4 Å². The number of ketones is 1. The van der Waals surface area contributed by atoms with E-state index in [1.54, 1.807) is 7.11 Å². The summed E-state index contributed by atoms with van der Waals surface area (Å²) in [5.41, 5.74) is 5.74. The Balaban J connectivity index is 0.00000211. The molecule has 0 aliphatic rings. The molecule has 1 rings (SSSR count). The van der Waals surface area contributed by atoms with Crippen molar-refractivity contribution in [2.45, 2.75) is 39.5 Å². The molecule has 0 aromatic heterocycles. The molecule has 0 unspecified atom stereocenters. The summed E-state index contributed by atoms with van der Waals surface area (Å²) in [6.45, 7) is 7.21. The second kappa shape index (κ2) is 13.0. The lowest BCUT2D eigenvalue weighted by Gasteiger charge is -2.16. The maximum atomic E-state index is 11.8. The quantitative estimate of drug-likeness (QED) is 0.670. The van der Waals surface area contributed by atoms with Gasteiger partial charge in [-0.2, -0.15) is 4.91 Å². The van der Waals surface area contributed by atoms with Gasteiger partial charge in [0.1, 0.15) is 11.5 Å². The largest absolute Gasteiger partial charge is 0.497 e. The highest BCUT2D eigenvalue weighted by atomic mass is 16.5. The molecule has 0 aliphatic carbocycles. The Bertz CT molecular complexity index is 420. The molecule has 0 bridgehead atoms. The van der Waals surface area contributed by atoms with Gasteiger partial charge < -0.3 is 9.64 Å². The van der Waals surface area contributed by atoms with E-state index in [0.717, 1.165) is 38.2 Å². The van der Waals surface area contributed by atoms with E-state index in [9.17, 15) is 4.79 Å². The lowest BCUT2D eigenvalue weighted by molar-refractivity contribution is -0.119. The van der Waals surface area contributed by atoms with Crippen molar-refractivity contribution in [2.75, 3.05) is 26.7 Å². The monoisotopic (exact) mass is 308 g/mol. The van der Waals surface area contributed by atoms with E-state index in [1.807, 2.05) is 18.2 Å². The van der Waals surface area contributed by atoms with Gasteiger partial charge in [-0.1, -0.05) is 31.6 Å². The molecule has 22 heavy (non-hydrogen) atoms. The second-order valence-electron chi connectivity index (χ2n) is 5.02. The van der Waals surface area contributed by atoms with E-state index in [-0.39, 0.29) is 0 Å². The number of nitrogens with zero attached hydrogens (tertiary/aromatic N) is 1. The van der Waals surface area contributed by atoms with E-state index in [0.29, 0.717) is 18.6 Å². The van der Waals surface area contributed by atoms with Crippen LogP contribution in [0.4, 0.5) is 0 Å². The number of hydrogen-bond acceptors (Lipinski definition) is 5. The van der Waals surface area contributed by atoms with E-state index < -0.39 is 0 Å². The van der Waals surface area contributed by atoms with Gasteiger partial charge in [-0.15, -0.1) is 0 Å². The molecule has 0 fully saturated rings. The molecule has 5 heteroatoms. The third-order valence-electron chi connectivity index (χ3n) is 3.66. The number of Topliss-reactive ketones (excluding diaryl/α,β-unsaturated/α-hetero) is 1. The Morgan fingerprint density at radius 3 is 2.45 bits per heavy atom. The first-order valence-corrected chi connectivity index (χ1v) is 7.77. The van der Waals surface area contributed by atoms with E-state index in [4.69, 9.17) is 9.64 Å². The van der Waals surface area contributed by atoms with Crippen LogP contribution in [0.25, 0.3) is 0 Å². The molecule has 0 heterocycles. The number of carbonyl (C=O) groups excluding carboxylic acids is 1. The van der Waals surface area contributed by atoms with Crippen LogP contribution in [0.2, 0.25) is 0 Å². The fourth-order valence-corrected chi connectivity index (χ4v) is 2.27. The predicted molar refractivity (Wildman–Crippen MR) is 89.4 cm³/mol. The van der Waals surface area contributed by atoms with Crippen molar-refractivity contribution in [1.29, 1.82) is 5.59 Å². The van der Waals surface area contributed by atoms with Crippen molar-refractivity contribution >= 4 is 5.78 Å². The number of ether oxygens (including phenoxy) is 1. The Kier molecular flexibility index (Phi) is 11.9. The highest BCUT2D eigenvalue weighted by Gasteiger charge is 2.05. The van der Waals surface area contributed by atoms with Crippen LogP contribution < -0.4 is 4.74 Å². The summed E-state index contributed by atoms with van der Waals surface area (Å²) in [6.07, 6.45) is 3.22. The van der Waals surface area contributed by atoms with Crippen LogP contribution in [0.3, 0.4) is 0 Å². The minimum atomic E-state index is 0.375. The maximum Gasteiger partial charge on any atom is 0.134 e. The van der Waals surface area contributed by atoms with Gasteiger partial charge in [0.2, 0.25) is 0 Å². The number of methoxy groups -OCH3 is 1. The molecule has 1 aromatic rings. The summed E-state index contributed by atoms with van der Waals surface area (Å²) in [5, 5.41) is 0. The number of rotatable bonds is 10. The predicted octanol–water partition coefficient (Wildman–Crippen LogP) is 3.65. The topological polar surface area (TPSA) is 70.5 Å². The molecule has 5 nitrogen and oxygen atoms in total. The zero-order valence-corrected chi connectivity index (χ0v) is 13.9. The van der Waals surface area contributed by atoms with Gasteiger partial charge in [0.15, 0.2) is 0 Å². The standard InChI is InChI=1S/C17H27NO2.HNO/c1-4-18(5-2)13-12-16(19)10-6-8-15-9-7-11-17(14-15)20-3;1-2/h7,9,11,14H,4-6,8,10,12-13H2,1-3H3;1H. The fourth-order valence-electron chi connectivity index (χ4n) is 2.27. The van der Waals surface area contributed by atoms with Crippen molar-refractivity contribution in [3.8, 4) is 5.75 Å². The second-order valence-corrected chi connectivity index (χ2v) is 5.02. The van der Waals surface area contributed by atoms with Crippen LogP contribution in [0.15, 0.2) is 24.3 Å². The summed E-state index contributed by atoms with van der Waals surface area (Å²) in [5.74, 6) is 1.26. The number of benzene rings is 1. The number of nitroso groups, excluding NO2 is 1. The Morgan fingerprint density at radius 1 is 1.18 bits per heavy atom. The number of hydrogen-bond donors (Lipinski definition) is 1. The van der Waals surface area contributed by atoms with E-state index in [2.05, 4.69) is 30.4 Å². The van der Waals surface area contributed by atoms with E-state index in [1.165, 1.54) is 5.56 Å². The Hall–Kier alpha value is -1.75. The first-order valence-electron chi connectivity index (χ1n) is 7.77. The molecule has 0 aliphatic heterocycles. The average Bonchev–Trinajstić information content (AvgIpc) is 2.58. The zero-order chi connectivity index (χ0) is 16.8. The number of aryl methyl sites for hydroxylation is 1. The minimum Gasteiger partial charge on any atom is -0.497 e. The maximum absolute atomic E-state index is 11.8. The number of nitrogens with one attached hydrogen (secondary N) is 1. The van der Waals surface area contributed by atoms with E-state index >= 15 is 0 Å². The third kappa shape index (κ3) is 8.52. The summed E-state index contributed by atoms with van der Waals surface area (Å²) < 4.78 is 5.20.